The molecule has 0 amide bonds. The van der Waals surface area contributed by atoms with Crippen LogP contribution in [0.1, 0.15) is 5.56 Å². The lowest BCUT2D eigenvalue weighted by atomic mass is 10.2. The second kappa shape index (κ2) is 3.55. The summed E-state index contributed by atoms with van der Waals surface area (Å²) in [5, 5.41) is 0. The van der Waals surface area contributed by atoms with Crippen LogP contribution in [0.4, 0.5) is 23.4 Å². The molecule has 0 unspecified atom stereocenters. The molecule has 0 aromatic carbocycles. The van der Waals surface area contributed by atoms with Crippen LogP contribution in [0.25, 0.3) is 0 Å². The standard InChI is InChI=1S/C7H2F4N2O/c8-4-1-2-12-6(13-3-14)5(4)7(9,10)11/h1-2H. The highest BCUT2D eigenvalue weighted by atomic mass is 19.4. The predicted molar refractivity (Wildman–Crippen MR) is 37.0 cm³/mol. The lowest BCUT2D eigenvalue weighted by Gasteiger charge is -2.08. The van der Waals surface area contributed by atoms with Crippen molar-refractivity contribution in [3.8, 4) is 0 Å². The SMILES string of the molecule is O=C=Nc1nccc(F)c1C(F)(F)F. The number of rotatable bonds is 1. The Morgan fingerprint density at radius 1 is 1.43 bits per heavy atom. The van der Waals surface area contributed by atoms with Crippen LogP contribution in [-0.4, -0.2) is 11.1 Å². The first kappa shape index (κ1) is 10.3. The Morgan fingerprint density at radius 3 is 2.57 bits per heavy atom. The van der Waals surface area contributed by atoms with Crippen LogP contribution >= 0.6 is 0 Å². The summed E-state index contributed by atoms with van der Waals surface area (Å²) in [7, 11) is 0. The van der Waals surface area contributed by atoms with E-state index < -0.39 is 23.4 Å². The molecule has 0 atom stereocenters. The van der Waals surface area contributed by atoms with Crippen LogP contribution in [0, 0.1) is 5.82 Å². The molecule has 3 nitrogen and oxygen atoms in total. The van der Waals surface area contributed by atoms with E-state index in [9.17, 15) is 22.4 Å². The summed E-state index contributed by atoms with van der Waals surface area (Å²) in [6.45, 7) is 0. The van der Waals surface area contributed by atoms with Crippen molar-refractivity contribution in [2.75, 3.05) is 0 Å². The molecular weight excluding hydrogens is 204 g/mol. The van der Waals surface area contributed by atoms with Gasteiger partial charge in [-0.3, -0.25) is 0 Å². The van der Waals surface area contributed by atoms with E-state index in [0.717, 1.165) is 12.3 Å². The van der Waals surface area contributed by atoms with Gasteiger partial charge in [0.1, 0.15) is 11.4 Å². The lowest BCUT2D eigenvalue weighted by molar-refractivity contribution is -0.139. The molecule has 1 aromatic heterocycles. The molecule has 1 rings (SSSR count). The van der Waals surface area contributed by atoms with E-state index in [2.05, 4.69) is 9.98 Å². The molecule has 0 saturated carbocycles. The van der Waals surface area contributed by atoms with E-state index in [-0.39, 0.29) is 0 Å². The summed E-state index contributed by atoms with van der Waals surface area (Å²) in [5.74, 6) is -2.55. The molecule has 0 fully saturated rings. The molecule has 74 valence electrons. The van der Waals surface area contributed by atoms with Crippen LogP contribution < -0.4 is 0 Å². The highest BCUT2D eigenvalue weighted by Crippen LogP contribution is 2.36. The van der Waals surface area contributed by atoms with Crippen LogP contribution in [0.15, 0.2) is 17.3 Å². The highest BCUT2D eigenvalue weighted by Gasteiger charge is 2.37. The minimum Gasteiger partial charge on any atom is -0.236 e. The predicted octanol–water partition coefficient (Wildman–Crippen LogP) is 2.21. The van der Waals surface area contributed by atoms with Gasteiger partial charge in [-0.15, -0.1) is 4.99 Å². The second-order valence-corrected chi connectivity index (χ2v) is 2.19. The Kier molecular flexibility index (Phi) is 2.62. The van der Waals surface area contributed by atoms with Gasteiger partial charge in [0.25, 0.3) is 0 Å². The normalized spacial score (nSPS) is 10.9. The maximum atomic E-state index is 12.7. The molecule has 0 aliphatic heterocycles. The second-order valence-electron chi connectivity index (χ2n) is 2.19. The Morgan fingerprint density at radius 2 is 2.07 bits per heavy atom. The number of hydrogen-bond donors (Lipinski definition) is 0. The van der Waals surface area contributed by atoms with E-state index in [1.807, 2.05) is 0 Å². The van der Waals surface area contributed by atoms with E-state index >= 15 is 0 Å². The first-order valence-corrected chi connectivity index (χ1v) is 3.26. The Hall–Kier alpha value is -1.75. The van der Waals surface area contributed by atoms with Gasteiger partial charge >= 0.3 is 6.18 Å². The first-order valence-electron chi connectivity index (χ1n) is 3.26. The number of aromatic nitrogens is 1. The third-order valence-corrected chi connectivity index (χ3v) is 1.32. The molecule has 1 aromatic rings. The topological polar surface area (TPSA) is 42.3 Å². The summed E-state index contributed by atoms with van der Waals surface area (Å²) in [6.07, 6.45) is -3.29. The number of halogens is 4. The molecular formula is C7H2F4N2O. The van der Waals surface area contributed by atoms with Crippen molar-refractivity contribution in [1.82, 2.24) is 4.98 Å². The molecule has 0 saturated heterocycles. The third kappa shape index (κ3) is 1.94. The fourth-order valence-corrected chi connectivity index (χ4v) is 0.818. The zero-order valence-electron chi connectivity index (χ0n) is 6.47. The molecule has 0 bridgehead atoms. The molecule has 1 heterocycles. The van der Waals surface area contributed by atoms with Gasteiger partial charge in [0.05, 0.1) is 0 Å². The minimum absolute atomic E-state index is 0.534. The van der Waals surface area contributed by atoms with Crippen LogP contribution in [-0.2, 0) is 11.0 Å². The van der Waals surface area contributed by atoms with Gasteiger partial charge in [0.2, 0.25) is 6.08 Å². The molecule has 0 spiro atoms. The number of aliphatic imine (C=N–C) groups is 1. The monoisotopic (exact) mass is 206 g/mol. The van der Waals surface area contributed by atoms with Gasteiger partial charge in [-0.25, -0.2) is 14.2 Å². The van der Waals surface area contributed by atoms with E-state index in [0.29, 0.717) is 6.07 Å². The number of nitrogens with zero attached hydrogens (tertiary/aromatic N) is 2. The zero-order valence-corrected chi connectivity index (χ0v) is 6.47. The fraction of sp³-hybridized carbons (Fsp3) is 0.143. The summed E-state index contributed by atoms with van der Waals surface area (Å²) in [5.41, 5.74) is -1.66. The number of pyridine rings is 1. The highest BCUT2D eigenvalue weighted by molar-refractivity contribution is 5.50. The molecule has 7 heteroatoms. The lowest BCUT2D eigenvalue weighted by Crippen LogP contribution is -2.09. The quantitative estimate of drug-likeness (QED) is 0.401. The van der Waals surface area contributed by atoms with E-state index in [1.54, 1.807) is 0 Å². The van der Waals surface area contributed by atoms with Crippen LogP contribution in [0.5, 0.6) is 0 Å². The maximum absolute atomic E-state index is 12.7. The van der Waals surface area contributed by atoms with Crippen LogP contribution in [0.3, 0.4) is 0 Å². The first-order chi connectivity index (χ1) is 6.46. The van der Waals surface area contributed by atoms with Gasteiger partial charge in [0, 0.05) is 6.20 Å². The number of hydrogen-bond acceptors (Lipinski definition) is 3. The van der Waals surface area contributed by atoms with Gasteiger partial charge in [0.15, 0.2) is 5.82 Å². The number of carbonyl (C=O) groups excluding carboxylic acids is 1. The molecule has 0 aliphatic rings. The number of alkyl halides is 3. The van der Waals surface area contributed by atoms with Crippen molar-refractivity contribution in [1.29, 1.82) is 0 Å². The molecule has 0 N–H and O–H groups in total. The maximum Gasteiger partial charge on any atom is 0.422 e. The van der Waals surface area contributed by atoms with Crippen LogP contribution in [0.2, 0.25) is 0 Å². The average Bonchev–Trinajstić information content (AvgIpc) is 2.02. The smallest absolute Gasteiger partial charge is 0.236 e. The van der Waals surface area contributed by atoms with Crippen molar-refractivity contribution in [3.05, 3.63) is 23.6 Å². The summed E-state index contributed by atoms with van der Waals surface area (Å²) in [4.78, 5) is 15.5. The summed E-state index contributed by atoms with van der Waals surface area (Å²) >= 11 is 0. The largest absolute Gasteiger partial charge is 0.422 e. The number of isocyanates is 1. The Balaban J connectivity index is 3.44. The van der Waals surface area contributed by atoms with E-state index in [4.69, 9.17) is 0 Å². The fourth-order valence-electron chi connectivity index (χ4n) is 0.818. The Bertz CT molecular complexity index is 395. The molecule has 0 radical (unpaired) electrons. The average molecular weight is 206 g/mol. The Labute approximate surface area is 75.1 Å². The summed E-state index contributed by atoms with van der Waals surface area (Å²) < 4.78 is 49.2. The van der Waals surface area contributed by atoms with Crippen molar-refractivity contribution in [2.45, 2.75) is 6.18 Å². The molecule has 14 heavy (non-hydrogen) atoms. The minimum atomic E-state index is -4.94. The van der Waals surface area contributed by atoms with Crippen molar-refractivity contribution < 1.29 is 22.4 Å². The van der Waals surface area contributed by atoms with Gasteiger partial charge in [-0.2, -0.15) is 13.2 Å². The van der Waals surface area contributed by atoms with Crippen molar-refractivity contribution in [3.63, 3.8) is 0 Å². The molecule has 0 aliphatic carbocycles. The van der Waals surface area contributed by atoms with Crippen molar-refractivity contribution >= 4 is 11.9 Å². The van der Waals surface area contributed by atoms with E-state index in [1.165, 1.54) is 0 Å². The summed E-state index contributed by atoms with van der Waals surface area (Å²) in [6, 6.07) is 0.534. The van der Waals surface area contributed by atoms with Gasteiger partial charge < -0.3 is 0 Å². The van der Waals surface area contributed by atoms with Gasteiger partial charge in [-0.1, -0.05) is 0 Å². The van der Waals surface area contributed by atoms with Gasteiger partial charge in [-0.05, 0) is 6.07 Å². The third-order valence-electron chi connectivity index (χ3n) is 1.32. The zero-order chi connectivity index (χ0) is 10.8. The van der Waals surface area contributed by atoms with Crippen molar-refractivity contribution in [2.24, 2.45) is 4.99 Å².